The van der Waals surface area contributed by atoms with Gasteiger partial charge >= 0.3 is 0 Å². The topological polar surface area (TPSA) is 47.9 Å². The van der Waals surface area contributed by atoms with Crippen molar-refractivity contribution >= 4 is 6.08 Å². The monoisotopic (exact) mass is 254 g/mol. The average Bonchev–Trinajstić information content (AvgIpc) is 2.40. The standard InChI is InChI=1S/C17H19N.H3N/c1-13-11-12-18-17(15(13)3)14(2)9-10-16-7-5-4-6-8-16;/h4-12,14H,1-3H3;1H3. The molecule has 0 spiro atoms. The molecular formula is C17H22N2. The van der Waals surface area contributed by atoms with Crippen LogP contribution in [0.1, 0.15) is 35.2 Å². The van der Waals surface area contributed by atoms with Crippen molar-refractivity contribution in [3.8, 4) is 0 Å². The summed E-state index contributed by atoms with van der Waals surface area (Å²) >= 11 is 0. The number of nitrogens with zero attached hydrogens (tertiary/aromatic N) is 1. The Labute approximate surface area is 115 Å². The molecule has 2 heteroatoms. The highest BCUT2D eigenvalue weighted by atomic mass is 14.7. The van der Waals surface area contributed by atoms with E-state index in [1.807, 2.05) is 12.3 Å². The molecule has 0 fully saturated rings. The molecule has 19 heavy (non-hydrogen) atoms. The summed E-state index contributed by atoms with van der Waals surface area (Å²) < 4.78 is 0. The molecule has 0 aliphatic carbocycles. The molecule has 0 aliphatic heterocycles. The van der Waals surface area contributed by atoms with Gasteiger partial charge in [0.05, 0.1) is 5.69 Å². The Kier molecular flexibility index (Phi) is 5.46. The van der Waals surface area contributed by atoms with Crippen molar-refractivity contribution < 1.29 is 0 Å². The Morgan fingerprint density at radius 3 is 2.42 bits per heavy atom. The average molecular weight is 254 g/mol. The van der Waals surface area contributed by atoms with Crippen LogP contribution in [-0.4, -0.2) is 4.98 Å². The normalized spacial score (nSPS) is 12.2. The summed E-state index contributed by atoms with van der Waals surface area (Å²) in [6.45, 7) is 6.47. The van der Waals surface area contributed by atoms with E-state index in [1.165, 1.54) is 22.4 Å². The minimum absolute atomic E-state index is 0. The third-order valence-corrected chi connectivity index (χ3v) is 3.32. The summed E-state index contributed by atoms with van der Waals surface area (Å²) in [4.78, 5) is 4.50. The molecule has 2 nitrogen and oxygen atoms in total. The second-order valence-corrected chi connectivity index (χ2v) is 4.70. The van der Waals surface area contributed by atoms with E-state index in [0.29, 0.717) is 5.92 Å². The molecular weight excluding hydrogens is 232 g/mol. The van der Waals surface area contributed by atoms with Gasteiger partial charge in [-0.1, -0.05) is 49.4 Å². The molecule has 0 aliphatic rings. The maximum absolute atomic E-state index is 4.50. The van der Waals surface area contributed by atoms with Crippen LogP contribution >= 0.6 is 0 Å². The first-order valence-electron chi connectivity index (χ1n) is 6.34. The maximum Gasteiger partial charge on any atom is 0.0501 e. The summed E-state index contributed by atoms with van der Waals surface area (Å²) in [5, 5.41) is 0. The van der Waals surface area contributed by atoms with Crippen LogP contribution in [0.15, 0.2) is 48.7 Å². The zero-order chi connectivity index (χ0) is 13.0. The van der Waals surface area contributed by atoms with Crippen molar-refractivity contribution in [2.45, 2.75) is 26.7 Å². The van der Waals surface area contributed by atoms with Crippen molar-refractivity contribution in [2.24, 2.45) is 0 Å². The summed E-state index contributed by atoms with van der Waals surface area (Å²) in [5.74, 6) is 0.338. The number of aromatic nitrogens is 1. The molecule has 1 aromatic heterocycles. The first-order chi connectivity index (χ1) is 8.68. The van der Waals surface area contributed by atoms with Gasteiger partial charge in [-0.2, -0.15) is 0 Å². The molecule has 1 heterocycles. The second-order valence-electron chi connectivity index (χ2n) is 4.70. The fraction of sp³-hybridized carbons (Fsp3) is 0.235. The molecule has 100 valence electrons. The van der Waals surface area contributed by atoms with Gasteiger partial charge in [-0.3, -0.25) is 4.98 Å². The number of allylic oxidation sites excluding steroid dienone is 1. The number of hydrogen-bond acceptors (Lipinski definition) is 2. The van der Waals surface area contributed by atoms with Crippen molar-refractivity contribution in [3.63, 3.8) is 0 Å². The fourth-order valence-electron chi connectivity index (χ4n) is 2.02. The molecule has 0 bridgehead atoms. The second kappa shape index (κ2) is 6.86. The zero-order valence-electron chi connectivity index (χ0n) is 11.9. The largest absolute Gasteiger partial charge is 0.344 e. The number of benzene rings is 1. The molecule has 1 unspecified atom stereocenters. The highest BCUT2D eigenvalue weighted by Gasteiger charge is 2.07. The van der Waals surface area contributed by atoms with Crippen molar-refractivity contribution in [1.29, 1.82) is 0 Å². The molecule has 0 saturated heterocycles. The van der Waals surface area contributed by atoms with Crippen LogP contribution in [0, 0.1) is 13.8 Å². The SMILES string of the molecule is Cc1ccnc(C(C)C=Cc2ccccc2)c1C.N. The first-order valence-corrected chi connectivity index (χ1v) is 6.34. The molecule has 0 radical (unpaired) electrons. The van der Waals surface area contributed by atoms with Crippen molar-refractivity contribution in [2.75, 3.05) is 0 Å². The quantitative estimate of drug-likeness (QED) is 0.864. The number of hydrogen-bond donors (Lipinski definition) is 1. The van der Waals surface area contributed by atoms with Gasteiger partial charge in [-0.05, 0) is 36.6 Å². The van der Waals surface area contributed by atoms with E-state index in [4.69, 9.17) is 0 Å². The lowest BCUT2D eigenvalue weighted by atomic mass is 9.98. The number of pyridine rings is 1. The van der Waals surface area contributed by atoms with Crippen LogP contribution in [0.3, 0.4) is 0 Å². The zero-order valence-corrected chi connectivity index (χ0v) is 11.9. The van der Waals surface area contributed by atoms with Crippen LogP contribution in [0.2, 0.25) is 0 Å². The van der Waals surface area contributed by atoms with Gasteiger partial charge in [-0.15, -0.1) is 0 Å². The summed E-state index contributed by atoms with van der Waals surface area (Å²) in [5.41, 5.74) is 5.00. The van der Waals surface area contributed by atoms with E-state index in [2.05, 4.69) is 68.2 Å². The van der Waals surface area contributed by atoms with Crippen molar-refractivity contribution in [1.82, 2.24) is 11.1 Å². The minimum atomic E-state index is 0. The summed E-state index contributed by atoms with van der Waals surface area (Å²) in [6.07, 6.45) is 6.27. The Morgan fingerprint density at radius 1 is 1.05 bits per heavy atom. The van der Waals surface area contributed by atoms with Gasteiger partial charge in [0, 0.05) is 12.1 Å². The van der Waals surface area contributed by atoms with Gasteiger partial charge in [0.2, 0.25) is 0 Å². The molecule has 2 aromatic rings. The van der Waals surface area contributed by atoms with Crippen LogP contribution < -0.4 is 6.15 Å². The van der Waals surface area contributed by atoms with Gasteiger partial charge in [0.15, 0.2) is 0 Å². The first kappa shape index (κ1) is 15.1. The Hall–Kier alpha value is -1.93. The molecule has 1 aromatic carbocycles. The maximum atomic E-state index is 4.50. The molecule has 3 N–H and O–H groups in total. The number of aryl methyl sites for hydroxylation is 1. The Morgan fingerprint density at radius 2 is 1.74 bits per heavy atom. The highest BCUT2D eigenvalue weighted by molar-refractivity contribution is 5.50. The smallest absolute Gasteiger partial charge is 0.0501 e. The lowest BCUT2D eigenvalue weighted by molar-refractivity contribution is 0.888. The minimum Gasteiger partial charge on any atom is -0.344 e. The Bertz CT molecular complexity index is 544. The third-order valence-electron chi connectivity index (χ3n) is 3.32. The van der Waals surface area contributed by atoms with Gasteiger partial charge in [0.1, 0.15) is 0 Å². The van der Waals surface area contributed by atoms with E-state index in [0.717, 1.165) is 0 Å². The lowest BCUT2D eigenvalue weighted by Gasteiger charge is -2.11. The van der Waals surface area contributed by atoms with E-state index in [9.17, 15) is 0 Å². The van der Waals surface area contributed by atoms with Gasteiger partial charge < -0.3 is 6.15 Å². The lowest BCUT2D eigenvalue weighted by Crippen LogP contribution is -1.99. The third kappa shape index (κ3) is 3.76. The fourth-order valence-corrected chi connectivity index (χ4v) is 2.02. The van der Waals surface area contributed by atoms with Crippen LogP contribution in [-0.2, 0) is 0 Å². The predicted octanol–water partition coefficient (Wildman–Crippen LogP) is 4.68. The molecule has 0 saturated carbocycles. The van der Waals surface area contributed by atoms with Crippen LogP contribution in [0.25, 0.3) is 6.08 Å². The van der Waals surface area contributed by atoms with Gasteiger partial charge in [0.25, 0.3) is 0 Å². The molecule has 1 atom stereocenters. The van der Waals surface area contributed by atoms with E-state index in [1.54, 1.807) is 0 Å². The van der Waals surface area contributed by atoms with Crippen LogP contribution in [0.5, 0.6) is 0 Å². The van der Waals surface area contributed by atoms with Gasteiger partial charge in [-0.25, -0.2) is 0 Å². The number of rotatable bonds is 3. The van der Waals surface area contributed by atoms with Crippen molar-refractivity contribution in [3.05, 3.63) is 71.1 Å². The molecule has 2 rings (SSSR count). The summed E-state index contributed by atoms with van der Waals surface area (Å²) in [7, 11) is 0. The molecule has 0 amide bonds. The van der Waals surface area contributed by atoms with Crippen LogP contribution in [0.4, 0.5) is 0 Å². The van der Waals surface area contributed by atoms with E-state index in [-0.39, 0.29) is 6.15 Å². The van der Waals surface area contributed by atoms with E-state index >= 15 is 0 Å². The predicted molar refractivity (Wildman–Crippen MR) is 82.6 cm³/mol. The highest BCUT2D eigenvalue weighted by Crippen LogP contribution is 2.21. The summed E-state index contributed by atoms with van der Waals surface area (Å²) in [6, 6.07) is 12.4. The van der Waals surface area contributed by atoms with E-state index < -0.39 is 0 Å². The Balaban J connectivity index is 0.00000180.